The average Bonchev–Trinajstić information content (AvgIpc) is 2.13. The van der Waals surface area contributed by atoms with Gasteiger partial charge in [0.1, 0.15) is 0 Å². The van der Waals surface area contributed by atoms with E-state index in [1.54, 1.807) is 0 Å². The fraction of sp³-hybridized carbons (Fsp3) is 0.500. The van der Waals surface area contributed by atoms with Gasteiger partial charge in [0.05, 0.1) is 0 Å². The molecule has 1 aromatic carbocycles. The van der Waals surface area contributed by atoms with Gasteiger partial charge >= 0.3 is 0 Å². The lowest BCUT2D eigenvalue weighted by Gasteiger charge is -2.13. The van der Waals surface area contributed by atoms with Crippen LogP contribution in [0.3, 0.4) is 0 Å². The highest BCUT2D eigenvalue weighted by atomic mass is 14.6. The smallest absolute Gasteiger partial charge is 0.0346 e. The quantitative estimate of drug-likeness (QED) is 0.703. The summed E-state index contributed by atoms with van der Waals surface area (Å²) >= 11 is 0. The van der Waals surface area contributed by atoms with Crippen molar-refractivity contribution in [2.45, 2.75) is 39.5 Å². The molecule has 0 aliphatic heterocycles. The minimum absolute atomic E-state index is 0.669. The highest BCUT2D eigenvalue weighted by Gasteiger charge is 2.07. The topological polar surface area (TPSA) is 26.0 Å². The highest BCUT2D eigenvalue weighted by molar-refractivity contribution is 5.49. The maximum Gasteiger partial charge on any atom is 0.0346 e. The van der Waals surface area contributed by atoms with Crippen LogP contribution in [0.25, 0.3) is 0 Å². The molecule has 2 N–H and O–H groups in total. The normalized spacial score (nSPS) is 10.8. The number of nitrogens with two attached hydrogens (primary N) is 1. The first-order chi connectivity index (χ1) is 6.19. The third kappa shape index (κ3) is 2.24. The molecule has 0 aromatic heterocycles. The van der Waals surface area contributed by atoms with Crippen LogP contribution in [0.4, 0.5) is 5.69 Å². The van der Waals surface area contributed by atoms with E-state index in [0.717, 1.165) is 5.69 Å². The third-order valence-electron chi connectivity index (χ3n) is 2.76. The van der Waals surface area contributed by atoms with Crippen molar-refractivity contribution >= 4 is 5.69 Å². The molecule has 1 nitrogen and oxygen atoms in total. The van der Waals surface area contributed by atoms with Crippen molar-refractivity contribution in [1.82, 2.24) is 0 Å². The first-order valence-corrected chi connectivity index (χ1v) is 5.05. The molecular weight excluding hydrogens is 158 g/mol. The van der Waals surface area contributed by atoms with Crippen LogP contribution in [0.1, 0.15) is 43.7 Å². The van der Waals surface area contributed by atoms with Gasteiger partial charge in [0, 0.05) is 5.69 Å². The van der Waals surface area contributed by atoms with Gasteiger partial charge in [0.15, 0.2) is 0 Å². The summed E-state index contributed by atoms with van der Waals surface area (Å²) in [6.07, 6.45) is 2.39. The SMILES string of the molecule is CCC(CC)c1ccc(C)c(N)c1. The predicted octanol–water partition coefficient (Wildman–Crippen LogP) is 3.48. The van der Waals surface area contributed by atoms with E-state index in [0.29, 0.717) is 5.92 Å². The monoisotopic (exact) mass is 177 g/mol. The Morgan fingerprint density at radius 1 is 1.23 bits per heavy atom. The van der Waals surface area contributed by atoms with E-state index in [9.17, 15) is 0 Å². The van der Waals surface area contributed by atoms with Gasteiger partial charge in [-0.25, -0.2) is 0 Å². The average molecular weight is 177 g/mol. The highest BCUT2D eigenvalue weighted by Crippen LogP contribution is 2.25. The number of anilines is 1. The molecule has 72 valence electrons. The molecule has 13 heavy (non-hydrogen) atoms. The Kier molecular flexibility index (Phi) is 3.35. The number of rotatable bonds is 3. The number of hydrogen-bond acceptors (Lipinski definition) is 1. The van der Waals surface area contributed by atoms with Crippen LogP contribution in [0.2, 0.25) is 0 Å². The van der Waals surface area contributed by atoms with Crippen molar-refractivity contribution in [3.63, 3.8) is 0 Å². The van der Waals surface area contributed by atoms with E-state index >= 15 is 0 Å². The molecule has 0 spiro atoms. The first-order valence-electron chi connectivity index (χ1n) is 5.05. The van der Waals surface area contributed by atoms with Crippen LogP contribution >= 0.6 is 0 Å². The van der Waals surface area contributed by atoms with Gasteiger partial charge in [0.25, 0.3) is 0 Å². The second kappa shape index (κ2) is 4.31. The Hall–Kier alpha value is -0.980. The maximum atomic E-state index is 5.87. The van der Waals surface area contributed by atoms with E-state index in [1.807, 2.05) is 6.92 Å². The Labute approximate surface area is 81.0 Å². The van der Waals surface area contributed by atoms with Gasteiger partial charge in [-0.1, -0.05) is 26.0 Å². The second-order valence-electron chi connectivity index (χ2n) is 3.63. The van der Waals surface area contributed by atoms with Crippen molar-refractivity contribution in [2.24, 2.45) is 0 Å². The van der Waals surface area contributed by atoms with Gasteiger partial charge in [-0.3, -0.25) is 0 Å². The van der Waals surface area contributed by atoms with Crippen molar-refractivity contribution in [1.29, 1.82) is 0 Å². The Balaban J connectivity index is 2.95. The lowest BCUT2D eigenvalue weighted by atomic mass is 9.93. The summed E-state index contributed by atoms with van der Waals surface area (Å²) in [6, 6.07) is 6.43. The van der Waals surface area contributed by atoms with Gasteiger partial charge in [-0.05, 0) is 42.9 Å². The summed E-state index contributed by atoms with van der Waals surface area (Å²) in [6.45, 7) is 6.50. The molecule has 0 atom stereocenters. The third-order valence-corrected chi connectivity index (χ3v) is 2.76. The van der Waals surface area contributed by atoms with Crippen LogP contribution in [0, 0.1) is 6.92 Å². The van der Waals surface area contributed by atoms with E-state index in [4.69, 9.17) is 5.73 Å². The number of benzene rings is 1. The summed E-state index contributed by atoms with van der Waals surface area (Å²) in [5, 5.41) is 0. The Morgan fingerprint density at radius 3 is 2.31 bits per heavy atom. The molecule has 1 rings (SSSR count). The van der Waals surface area contributed by atoms with E-state index in [1.165, 1.54) is 24.0 Å². The van der Waals surface area contributed by atoms with Gasteiger partial charge in [0.2, 0.25) is 0 Å². The zero-order valence-corrected chi connectivity index (χ0v) is 8.80. The van der Waals surface area contributed by atoms with Crippen LogP contribution in [0.15, 0.2) is 18.2 Å². The summed E-state index contributed by atoms with van der Waals surface area (Å²) in [7, 11) is 0. The summed E-state index contributed by atoms with van der Waals surface area (Å²) in [5.41, 5.74) is 9.35. The summed E-state index contributed by atoms with van der Waals surface area (Å²) in [5.74, 6) is 0.669. The molecule has 0 aliphatic carbocycles. The van der Waals surface area contributed by atoms with Crippen molar-refractivity contribution in [2.75, 3.05) is 5.73 Å². The molecule has 0 saturated carbocycles. The van der Waals surface area contributed by atoms with Crippen LogP contribution in [0.5, 0.6) is 0 Å². The lowest BCUT2D eigenvalue weighted by Crippen LogP contribution is -1.98. The number of hydrogen-bond donors (Lipinski definition) is 1. The van der Waals surface area contributed by atoms with Gasteiger partial charge < -0.3 is 5.73 Å². The van der Waals surface area contributed by atoms with Crippen LogP contribution in [-0.4, -0.2) is 0 Å². The maximum absolute atomic E-state index is 5.87. The molecular formula is C12H19N. The standard InChI is InChI=1S/C12H19N/c1-4-10(5-2)11-7-6-9(3)12(13)8-11/h6-8,10H,4-5,13H2,1-3H3. The molecule has 0 unspecified atom stereocenters. The fourth-order valence-electron chi connectivity index (χ4n) is 1.67. The van der Waals surface area contributed by atoms with E-state index in [2.05, 4.69) is 32.0 Å². The second-order valence-corrected chi connectivity index (χ2v) is 3.63. The van der Waals surface area contributed by atoms with Crippen LogP contribution < -0.4 is 5.73 Å². The number of nitrogen functional groups attached to an aromatic ring is 1. The summed E-state index contributed by atoms with van der Waals surface area (Å²) in [4.78, 5) is 0. The minimum atomic E-state index is 0.669. The van der Waals surface area contributed by atoms with E-state index < -0.39 is 0 Å². The summed E-state index contributed by atoms with van der Waals surface area (Å²) < 4.78 is 0. The molecule has 0 aliphatic rings. The van der Waals surface area contributed by atoms with Gasteiger partial charge in [-0.15, -0.1) is 0 Å². The first kappa shape index (κ1) is 10.1. The Bertz CT molecular complexity index is 274. The molecule has 1 aromatic rings. The van der Waals surface area contributed by atoms with Crippen molar-refractivity contribution < 1.29 is 0 Å². The van der Waals surface area contributed by atoms with Gasteiger partial charge in [-0.2, -0.15) is 0 Å². The zero-order chi connectivity index (χ0) is 9.84. The number of aryl methyl sites for hydroxylation is 1. The fourth-order valence-corrected chi connectivity index (χ4v) is 1.67. The molecule has 0 amide bonds. The zero-order valence-electron chi connectivity index (χ0n) is 8.80. The Morgan fingerprint density at radius 2 is 1.85 bits per heavy atom. The van der Waals surface area contributed by atoms with E-state index in [-0.39, 0.29) is 0 Å². The molecule has 0 radical (unpaired) electrons. The molecule has 0 saturated heterocycles. The largest absolute Gasteiger partial charge is 0.399 e. The van der Waals surface area contributed by atoms with Crippen molar-refractivity contribution in [3.8, 4) is 0 Å². The molecule has 0 fully saturated rings. The molecule has 0 bridgehead atoms. The minimum Gasteiger partial charge on any atom is -0.399 e. The lowest BCUT2D eigenvalue weighted by molar-refractivity contribution is 0.642. The molecule has 0 heterocycles. The predicted molar refractivity (Wildman–Crippen MR) is 58.9 cm³/mol. The molecule has 1 heteroatoms. The van der Waals surface area contributed by atoms with Crippen LogP contribution in [-0.2, 0) is 0 Å². The van der Waals surface area contributed by atoms with Crippen molar-refractivity contribution in [3.05, 3.63) is 29.3 Å².